The maximum Gasteiger partial charge on any atom is 0.410 e. The van der Waals surface area contributed by atoms with Crippen LogP contribution in [-0.2, 0) is 9.53 Å². The van der Waals surface area contributed by atoms with E-state index in [-0.39, 0.29) is 24.0 Å². The van der Waals surface area contributed by atoms with E-state index in [0.29, 0.717) is 6.54 Å². The summed E-state index contributed by atoms with van der Waals surface area (Å²) >= 11 is 0. The molecule has 1 spiro atoms. The molecule has 108 valence electrons. The Morgan fingerprint density at radius 1 is 1.37 bits per heavy atom. The third kappa shape index (κ3) is 2.69. The summed E-state index contributed by atoms with van der Waals surface area (Å²) < 4.78 is 5.45. The minimum absolute atomic E-state index is 0.0752. The minimum atomic E-state index is -0.776. The van der Waals surface area contributed by atoms with Crippen molar-refractivity contribution < 1.29 is 19.4 Å². The molecular formula is C14H23NO4. The second-order valence-electron chi connectivity index (χ2n) is 6.67. The van der Waals surface area contributed by atoms with Crippen LogP contribution in [0.25, 0.3) is 0 Å². The maximum absolute atomic E-state index is 12.3. The molecule has 1 N–H and O–H groups in total. The van der Waals surface area contributed by atoms with Gasteiger partial charge in [0, 0.05) is 12.1 Å². The molecule has 2 aliphatic rings. The molecule has 1 atom stereocenters. The molecule has 1 aliphatic heterocycles. The van der Waals surface area contributed by atoms with Crippen molar-refractivity contribution in [3.8, 4) is 0 Å². The van der Waals surface area contributed by atoms with Gasteiger partial charge in [0.1, 0.15) is 5.60 Å². The van der Waals surface area contributed by atoms with E-state index < -0.39 is 11.6 Å². The maximum atomic E-state index is 12.3. The van der Waals surface area contributed by atoms with E-state index in [2.05, 4.69) is 0 Å². The number of aliphatic carboxylic acids is 1. The Balaban J connectivity index is 2.10. The van der Waals surface area contributed by atoms with Crippen molar-refractivity contribution in [2.45, 2.75) is 64.0 Å². The van der Waals surface area contributed by atoms with Crippen LogP contribution in [0.4, 0.5) is 4.79 Å². The average Bonchev–Trinajstić information content (AvgIpc) is 2.52. The van der Waals surface area contributed by atoms with Gasteiger partial charge in [0.05, 0.1) is 6.42 Å². The lowest BCUT2D eigenvalue weighted by molar-refractivity contribution is -0.139. The molecule has 2 fully saturated rings. The third-order valence-corrected chi connectivity index (χ3v) is 4.25. The molecule has 1 saturated heterocycles. The van der Waals surface area contributed by atoms with Crippen LogP contribution in [0.1, 0.15) is 52.9 Å². The second kappa shape index (κ2) is 4.69. The van der Waals surface area contributed by atoms with Crippen LogP contribution >= 0.6 is 0 Å². The van der Waals surface area contributed by atoms with Gasteiger partial charge in [0.15, 0.2) is 0 Å². The molecule has 0 bridgehead atoms. The Morgan fingerprint density at radius 2 is 2.00 bits per heavy atom. The minimum Gasteiger partial charge on any atom is -0.481 e. The van der Waals surface area contributed by atoms with Gasteiger partial charge in [-0.1, -0.05) is 0 Å². The fourth-order valence-electron chi connectivity index (χ4n) is 3.31. The SMILES string of the molecule is CC(C)(C)OC(=O)N1CCC(CC(=O)O)C12CCC2. The first-order chi connectivity index (χ1) is 8.74. The standard InChI is InChI=1S/C14H23NO4/c1-13(2,3)19-12(18)15-8-5-10(9-11(16)17)14(15)6-4-7-14/h10H,4-9H2,1-3H3,(H,16,17). The Bertz CT molecular complexity index is 381. The van der Waals surface area contributed by atoms with Crippen LogP contribution < -0.4 is 0 Å². The zero-order valence-corrected chi connectivity index (χ0v) is 11.9. The van der Waals surface area contributed by atoms with Crippen molar-refractivity contribution >= 4 is 12.1 Å². The average molecular weight is 269 g/mol. The summed E-state index contributed by atoms with van der Waals surface area (Å²) in [5, 5.41) is 9.00. The van der Waals surface area contributed by atoms with Gasteiger partial charge in [-0.15, -0.1) is 0 Å². The lowest BCUT2D eigenvalue weighted by atomic mass is 9.67. The molecule has 2 rings (SSSR count). The predicted octanol–water partition coefficient (Wildman–Crippen LogP) is 2.64. The molecule has 5 heteroatoms. The first kappa shape index (κ1) is 14.2. The Morgan fingerprint density at radius 3 is 2.42 bits per heavy atom. The number of hydrogen-bond donors (Lipinski definition) is 1. The highest BCUT2D eigenvalue weighted by molar-refractivity contribution is 5.71. The van der Waals surface area contributed by atoms with Crippen LogP contribution in [0, 0.1) is 5.92 Å². The van der Waals surface area contributed by atoms with Crippen molar-refractivity contribution in [1.29, 1.82) is 0 Å². The van der Waals surface area contributed by atoms with E-state index in [4.69, 9.17) is 9.84 Å². The normalized spacial score (nSPS) is 25.2. The zero-order chi connectivity index (χ0) is 14.3. The van der Waals surface area contributed by atoms with Gasteiger partial charge in [-0.3, -0.25) is 4.79 Å². The topological polar surface area (TPSA) is 66.8 Å². The molecule has 19 heavy (non-hydrogen) atoms. The van der Waals surface area contributed by atoms with Gasteiger partial charge < -0.3 is 14.7 Å². The van der Waals surface area contributed by atoms with Crippen LogP contribution in [0.5, 0.6) is 0 Å². The molecule has 0 aromatic heterocycles. The highest BCUT2D eigenvalue weighted by Gasteiger charge is 2.55. The number of carbonyl (C=O) groups is 2. The lowest BCUT2D eigenvalue weighted by Gasteiger charge is -2.49. The summed E-state index contributed by atoms with van der Waals surface area (Å²) in [6.45, 7) is 6.17. The second-order valence-corrected chi connectivity index (χ2v) is 6.67. The number of ether oxygens (including phenoxy) is 1. The number of carbonyl (C=O) groups excluding carboxylic acids is 1. The Kier molecular flexibility index (Phi) is 3.49. The molecule has 0 aromatic carbocycles. The summed E-state index contributed by atoms with van der Waals surface area (Å²) in [6, 6.07) is 0. The molecule has 1 aliphatic carbocycles. The van der Waals surface area contributed by atoms with Crippen molar-refractivity contribution in [1.82, 2.24) is 4.90 Å². The predicted molar refractivity (Wildman–Crippen MR) is 69.9 cm³/mol. The molecule has 1 saturated carbocycles. The van der Waals surface area contributed by atoms with E-state index in [9.17, 15) is 9.59 Å². The number of nitrogens with zero attached hydrogens (tertiary/aromatic N) is 1. The number of carboxylic acids is 1. The first-order valence-corrected chi connectivity index (χ1v) is 6.97. The molecule has 1 amide bonds. The summed E-state index contributed by atoms with van der Waals surface area (Å²) in [4.78, 5) is 25.0. The first-order valence-electron chi connectivity index (χ1n) is 6.97. The smallest absolute Gasteiger partial charge is 0.410 e. The number of likely N-dealkylation sites (tertiary alicyclic amines) is 1. The zero-order valence-electron chi connectivity index (χ0n) is 11.9. The fraction of sp³-hybridized carbons (Fsp3) is 0.857. The highest BCUT2D eigenvalue weighted by atomic mass is 16.6. The molecule has 0 radical (unpaired) electrons. The fourth-order valence-corrected chi connectivity index (χ4v) is 3.31. The molecule has 1 heterocycles. The number of amides is 1. The summed E-state index contributed by atoms with van der Waals surface area (Å²) in [6.07, 6.45) is 3.51. The number of hydrogen-bond acceptors (Lipinski definition) is 3. The molecule has 5 nitrogen and oxygen atoms in total. The van der Waals surface area contributed by atoms with E-state index in [0.717, 1.165) is 25.7 Å². The van der Waals surface area contributed by atoms with Crippen molar-refractivity contribution in [2.24, 2.45) is 5.92 Å². The van der Waals surface area contributed by atoms with E-state index >= 15 is 0 Å². The van der Waals surface area contributed by atoms with Crippen LogP contribution in [-0.4, -0.2) is 39.8 Å². The summed E-state index contributed by atoms with van der Waals surface area (Å²) in [5.41, 5.74) is -0.756. The monoisotopic (exact) mass is 269 g/mol. The molecular weight excluding hydrogens is 246 g/mol. The van der Waals surface area contributed by atoms with Gasteiger partial charge in [-0.25, -0.2) is 4.79 Å². The van der Waals surface area contributed by atoms with Crippen molar-refractivity contribution in [2.75, 3.05) is 6.54 Å². The van der Waals surface area contributed by atoms with E-state index in [1.165, 1.54) is 0 Å². The van der Waals surface area contributed by atoms with E-state index in [1.807, 2.05) is 20.8 Å². The van der Waals surface area contributed by atoms with Gasteiger partial charge in [-0.2, -0.15) is 0 Å². The van der Waals surface area contributed by atoms with E-state index in [1.54, 1.807) is 4.90 Å². The quantitative estimate of drug-likeness (QED) is 0.836. The summed E-state index contributed by atoms with van der Waals surface area (Å²) in [5.74, 6) is -0.700. The molecule has 1 unspecified atom stereocenters. The van der Waals surface area contributed by atoms with Crippen molar-refractivity contribution in [3.05, 3.63) is 0 Å². The third-order valence-electron chi connectivity index (χ3n) is 4.25. The van der Waals surface area contributed by atoms with Crippen LogP contribution in [0.3, 0.4) is 0 Å². The van der Waals surface area contributed by atoms with Gasteiger partial charge in [0.2, 0.25) is 0 Å². The van der Waals surface area contributed by atoms with Gasteiger partial charge >= 0.3 is 12.1 Å². The number of rotatable bonds is 2. The van der Waals surface area contributed by atoms with Crippen LogP contribution in [0.2, 0.25) is 0 Å². The van der Waals surface area contributed by atoms with Crippen LogP contribution in [0.15, 0.2) is 0 Å². The van der Waals surface area contributed by atoms with Gasteiger partial charge in [-0.05, 0) is 52.4 Å². The summed E-state index contributed by atoms with van der Waals surface area (Å²) in [7, 11) is 0. The Labute approximate surface area is 113 Å². The largest absolute Gasteiger partial charge is 0.481 e. The van der Waals surface area contributed by atoms with Crippen molar-refractivity contribution in [3.63, 3.8) is 0 Å². The van der Waals surface area contributed by atoms with Gasteiger partial charge in [0.25, 0.3) is 0 Å². The number of carboxylic acid groups (broad SMARTS) is 1. The lowest BCUT2D eigenvalue weighted by Crippen LogP contribution is -2.56. The highest BCUT2D eigenvalue weighted by Crippen LogP contribution is 2.50. The Hall–Kier alpha value is -1.26. The molecule has 0 aromatic rings.